The zero-order valence-electron chi connectivity index (χ0n) is 19.4. The zero-order valence-corrected chi connectivity index (χ0v) is 19.4. The Morgan fingerprint density at radius 2 is 1.53 bits per heavy atom. The van der Waals surface area contributed by atoms with E-state index in [2.05, 4.69) is 45.0 Å². The van der Waals surface area contributed by atoms with Crippen molar-refractivity contribution in [2.45, 2.75) is 51.9 Å². The van der Waals surface area contributed by atoms with Gasteiger partial charge in [-0.1, -0.05) is 93.9 Å². The summed E-state index contributed by atoms with van der Waals surface area (Å²) in [5, 5.41) is 18.3. The van der Waals surface area contributed by atoms with E-state index in [0.29, 0.717) is 17.6 Å². The maximum absolute atomic E-state index is 9.24. The maximum atomic E-state index is 9.24. The number of hydrogen-bond donors (Lipinski definition) is 2. The van der Waals surface area contributed by atoms with Gasteiger partial charge in [0.1, 0.15) is 11.7 Å². The van der Waals surface area contributed by atoms with Crippen molar-refractivity contribution < 1.29 is 0 Å². The van der Waals surface area contributed by atoms with Crippen molar-refractivity contribution in [2.24, 2.45) is 5.92 Å². The van der Waals surface area contributed by atoms with Crippen LogP contribution in [0.5, 0.6) is 0 Å². The minimum Gasteiger partial charge on any atom is -0.284 e. The molecule has 0 saturated heterocycles. The number of para-hydroxylation sites is 1. The van der Waals surface area contributed by atoms with Crippen LogP contribution in [0.15, 0.2) is 78.9 Å². The lowest BCUT2D eigenvalue weighted by atomic mass is 9.90. The first kappa shape index (κ1) is 22.0. The lowest BCUT2D eigenvalue weighted by Gasteiger charge is -2.28. The van der Waals surface area contributed by atoms with Crippen LogP contribution in [0.25, 0.3) is 0 Å². The van der Waals surface area contributed by atoms with E-state index >= 15 is 0 Å². The van der Waals surface area contributed by atoms with Crippen LogP contribution in [0.4, 0.5) is 5.69 Å². The molecule has 2 unspecified atom stereocenters. The lowest BCUT2D eigenvalue weighted by molar-refractivity contribution is 0.700. The average molecular weight is 424 g/mol. The summed E-state index contributed by atoms with van der Waals surface area (Å²) in [4.78, 5) is 1.77. The second-order valence-corrected chi connectivity index (χ2v) is 9.24. The molecule has 32 heavy (non-hydrogen) atoms. The van der Waals surface area contributed by atoms with Gasteiger partial charge in [-0.25, -0.2) is 0 Å². The number of nitrogens with one attached hydrogen (secondary N) is 2. The van der Waals surface area contributed by atoms with E-state index in [0.717, 1.165) is 29.7 Å². The van der Waals surface area contributed by atoms with E-state index in [9.17, 15) is 5.41 Å². The molecule has 1 aliphatic carbocycles. The Labute approximate surface area is 192 Å². The molecular weight excluding hydrogens is 390 g/mol. The molecule has 2 atom stereocenters. The second kappa shape index (κ2) is 9.12. The van der Waals surface area contributed by atoms with Gasteiger partial charge in [0.05, 0.1) is 0 Å². The minimum atomic E-state index is 0.106. The van der Waals surface area contributed by atoms with Gasteiger partial charge in [0, 0.05) is 16.8 Å². The van der Waals surface area contributed by atoms with Gasteiger partial charge in [-0.2, -0.15) is 0 Å². The van der Waals surface area contributed by atoms with Crippen molar-refractivity contribution in [3.05, 3.63) is 101 Å². The van der Waals surface area contributed by atoms with Crippen molar-refractivity contribution in [3.63, 3.8) is 0 Å². The Kier molecular flexibility index (Phi) is 6.27. The fourth-order valence-electron chi connectivity index (χ4n) is 4.55. The smallest absolute Gasteiger partial charge is 0.138 e. The van der Waals surface area contributed by atoms with Gasteiger partial charge < -0.3 is 0 Å². The first-order valence-electron chi connectivity index (χ1n) is 11.7. The molecule has 4 rings (SSSR count). The molecule has 0 bridgehead atoms. The third-order valence-electron chi connectivity index (χ3n) is 6.96. The maximum Gasteiger partial charge on any atom is 0.138 e. The Morgan fingerprint density at radius 3 is 2.16 bits per heavy atom. The first-order valence-corrected chi connectivity index (χ1v) is 11.7. The molecule has 0 spiro atoms. The highest BCUT2D eigenvalue weighted by molar-refractivity contribution is 6.27. The third kappa shape index (κ3) is 4.25. The first-order chi connectivity index (χ1) is 15.5. The number of rotatable bonds is 7. The van der Waals surface area contributed by atoms with Crippen LogP contribution in [0.2, 0.25) is 0 Å². The quantitative estimate of drug-likeness (QED) is 0.307. The molecule has 0 radical (unpaired) electrons. The fraction of sp³-hybridized carbons (Fsp3) is 0.310. The molecule has 0 aromatic heterocycles. The van der Waals surface area contributed by atoms with E-state index in [1.165, 1.54) is 24.0 Å². The second-order valence-electron chi connectivity index (χ2n) is 9.24. The number of unbranched alkanes of at least 4 members (excludes halogenated alkanes) is 1. The predicted molar refractivity (Wildman–Crippen MR) is 135 cm³/mol. The molecule has 3 aromatic carbocycles. The lowest BCUT2D eigenvalue weighted by Crippen LogP contribution is -2.38. The largest absolute Gasteiger partial charge is 0.284 e. The van der Waals surface area contributed by atoms with Gasteiger partial charge >= 0.3 is 0 Å². The normalized spacial score (nSPS) is 19.4. The van der Waals surface area contributed by atoms with E-state index in [1.807, 2.05) is 54.6 Å². The minimum absolute atomic E-state index is 0.106. The Balaban J connectivity index is 1.72. The highest BCUT2D eigenvalue weighted by atomic mass is 15.2. The van der Waals surface area contributed by atoms with Crippen molar-refractivity contribution in [1.29, 1.82) is 10.8 Å². The van der Waals surface area contributed by atoms with Crippen LogP contribution in [0.1, 0.15) is 62.3 Å². The van der Waals surface area contributed by atoms with Crippen LogP contribution < -0.4 is 4.90 Å². The summed E-state index contributed by atoms with van der Waals surface area (Å²) in [7, 11) is 0. The van der Waals surface area contributed by atoms with Gasteiger partial charge in [0.25, 0.3) is 0 Å². The van der Waals surface area contributed by atoms with Gasteiger partial charge in [0.15, 0.2) is 0 Å². The molecule has 2 N–H and O–H groups in total. The van der Waals surface area contributed by atoms with E-state index in [1.54, 1.807) is 4.90 Å². The number of nitrogens with zero attached hydrogens (tertiary/aromatic N) is 1. The summed E-state index contributed by atoms with van der Waals surface area (Å²) in [5.41, 5.74) is 5.18. The molecule has 0 aliphatic heterocycles. The Hall–Kier alpha value is -3.20. The molecule has 3 heteroatoms. The summed E-state index contributed by atoms with van der Waals surface area (Å²) < 4.78 is 0. The number of aryl methyl sites for hydroxylation is 1. The molecule has 3 nitrogen and oxygen atoms in total. The SMILES string of the molecule is CCCCc1ccc(C(=N)N(C(=N)c2ccccc2C2(C)CC2C)c2ccccc2)cc1. The summed E-state index contributed by atoms with van der Waals surface area (Å²) in [6.07, 6.45) is 4.55. The van der Waals surface area contributed by atoms with Gasteiger partial charge in [-0.05, 0) is 53.9 Å². The molecule has 1 fully saturated rings. The zero-order chi connectivity index (χ0) is 22.7. The number of anilines is 1. The van der Waals surface area contributed by atoms with Crippen LogP contribution in [-0.2, 0) is 11.8 Å². The Bertz CT molecular complexity index is 1100. The van der Waals surface area contributed by atoms with Crippen molar-refractivity contribution >= 4 is 17.4 Å². The number of benzene rings is 3. The molecule has 1 saturated carbocycles. The molecule has 3 aromatic rings. The van der Waals surface area contributed by atoms with Crippen LogP contribution in [0, 0.1) is 16.7 Å². The van der Waals surface area contributed by atoms with Crippen LogP contribution in [0.3, 0.4) is 0 Å². The van der Waals surface area contributed by atoms with Crippen LogP contribution >= 0.6 is 0 Å². The van der Waals surface area contributed by atoms with Gasteiger partial charge in [-0.15, -0.1) is 0 Å². The highest BCUT2D eigenvalue weighted by Gasteiger charge is 2.49. The fourth-order valence-corrected chi connectivity index (χ4v) is 4.55. The molecular formula is C29H33N3. The number of hydrogen-bond acceptors (Lipinski definition) is 2. The molecule has 164 valence electrons. The highest BCUT2D eigenvalue weighted by Crippen LogP contribution is 2.54. The topological polar surface area (TPSA) is 50.9 Å². The van der Waals surface area contributed by atoms with Gasteiger partial charge in [-0.3, -0.25) is 15.7 Å². The van der Waals surface area contributed by atoms with E-state index in [4.69, 9.17) is 5.41 Å². The molecule has 1 aliphatic rings. The monoisotopic (exact) mass is 423 g/mol. The van der Waals surface area contributed by atoms with E-state index in [-0.39, 0.29) is 5.41 Å². The number of amidine groups is 2. The van der Waals surface area contributed by atoms with Crippen LogP contribution in [-0.4, -0.2) is 11.7 Å². The molecule has 0 amide bonds. The van der Waals surface area contributed by atoms with Gasteiger partial charge in [0.2, 0.25) is 0 Å². The van der Waals surface area contributed by atoms with Crippen molar-refractivity contribution in [1.82, 2.24) is 0 Å². The third-order valence-corrected chi connectivity index (χ3v) is 6.96. The van der Waals surface area contributed by atoms with Crippen molar-refractivity contribution in [2.75, 3.05) is 4.90 Å². The Morgan fingerprint density at radius 1 is 0.906 bits per heavy atom. The molecule has 0 heterocycles. The predicted octanol–water partition coefficient (Wildman–Crippen LogP) is 7.18. The summed E-state index contributed by atoms with van der Waals surface area (Å²) in [5.74, 6) is 1.29. The van der Waals surface area contributed by atoms with Crippen molar-refractivity contribution in [3.8, 4) is 0 Å². The average Bonchev–Trinajstić information content (AvgIpc) is 3.45. The summed E-state index contributed by atoms with van der Waals surface area (Å²) in [6, 6.07) is 26.4. The summed E-state index contributed by atoms with van der Waals surface area (Å²) >= 11 is 0. The summed E-state index contributed by atoms with van der Waals surface area (Å²) in [6.45, 7) is 6.77. The standard InChI is InChI=1S/C29H33N3/c1-4-5-11-22-16-18-23(19-17-22)27(30)32(24-12-7-6-8-13-24)28(31)25-14-9-10-15-26(25)29(3)20-21(29)2/h6-10,12-19,21,30-31H,4-5,11,20H2,1-3H3. The van der Waals surface area contributed by atoms with E-state index < -0.39 is 0 Å².